The molecule has 0 spiro atoms. The Morgan fingerprint density at radius 3 is 2.32 bits per heavy atom. The van der Waals surface area contributed by atoms with Crippen LogP contribution in [0.3, 0.4) is 0 Å². The van der Waals surface area contributed by atoms with Crippen molar-refractivity contribution in [2.45, 2.75) is 25.6 Å². The second-order valence-electron chi connectivity index (χ2n) is 6.08. The predicted molar refractivity (Wildman–Crippen MR) is 94.5 cm³/mol. The van der Waals surface area contributed by atoms with E-state index in [4.69, 9.17) is 4.74 Å². The lowest BCUT2D eigenvalue weighted by molar-refractivity contribution is -0.137. The topological polar surface area (TPSA) is 72.5 Å². The van der Waals surface area contributed by atoms with E-state index in [1.165, 1.54) is 6.92 Å². The summed E-state index contributed by atoms with van der Waals surface area (Å²) < 4.78 is 42.8. The summed E-state index contributed by atoms with van der Waals surface area (Å²) in [5, 5.41) is 2.46. The van der Waals surface area contributed by atoms with Crippen LogP contribution in [0.5, 0.6) is 0 Å². The van der Waals surface area contributed by atoms with E-state index in [1.807, 2.05) is 6.07 Å². The van der Waals surface area contributed by atoms with Crippen LogP contribution in [-0.2, 0) is 26.9 Å². The zero-order valence-electron chi connectivity index (χ0n) is 15.0. The van der Waals surface area contributed by atoms with Crippen LogP contribution in [0.15, 0.2) is 54.6 Å². The van der Waals surface area contributed by atoms with Gasteiger partial charge in [-0.15, -0.1) is 0 Å². The Labute approximate surface area is 159 Å². The zero-order chi connectivity index (χ0) is 20.7. The minimum atomic E-state index is -4.60. The Morgan fingerprint density at radius 2 is 1.71 bits per heavy atom. The number of carbonyl (C=O) groups excluding carboxylic acids is 3. The number of hydrogen-bond acceptors (Lipinski definition) is 4. The van der Waals surface area contributed by atoms with Crippen molar-refractivity contribution in [2.75, 3.05) is 6.61 Å². The van der Waals surface area contributed by atoms with Crippen molar-refractivity contribution in [3.8, 4) is 0 Å². The van der Waals surface area contributed by atoms with Crippen molar-refractivity contribution in [3.05, 3.63) is 71.3 Å². The van der Waals surface area contributed by atoms with E-state index in [0.29, 0.717) is 6.07 Å². The third kappa shape index (κ3) is 6.22. The normalized spacial score (nSPS) is 12.1. The molecule has 8 heteroatoms. The first-order valence-electron chi connectivity index (χ1n) is 8.35. The molecule has 0 radical (unpaired) electrons. The number of halogens is 3. The number of amides is 1. The van der Waals surface area contributed by atoms with Gasteiger partial charge in [-0.2, -0.15) is 13.2 Å². The molecule has 0 fully saturated rings. The highest BCUT2D eigenvalue weighted by molar-refractivity contribution is 5.92. The van der Waals surface area contributed by atoms with Gasteiger partial charge in [-0.05, 0) is 37.1 Å². The largest absolute Gasteiger partial charge is 0.452 e. The lowest BCUT2D eigenvalue weighted by Crippen LogP contribution is -2.43. The van der Waals surface area contributed by atoms with Crippen molar-refractivity contribution in [3.63, 3.8) is 0 Å². The van der Waals surface area contributed by atoms with Gasteiger partial charge in [0.1, 0.15) is 0 Å². The number of alkyl halides is 3. The molecule has 0 unspecified atom stereocenters. The third-order valence-corrected chi connectivity index (χ3v) is 3.87. The van der Waals surface area contributed by atoms with Crippen LogP contribution in [0.2, 0.25) is 0 Å². The smallest absolute Gasteiger partial charge is 0.416 e. The van der Waals surface area contributed by atoms with Gasteiger partial charge < -0.3 is 10.1 Å². The summed E-state index contributed by atoms with van der Waals surface area (Å²) in [6.07, 6.45) is -4.33. The second kappa shape index (κ2) is 9.16. The van der Waals surface area contributed by atoms with Crippen LogP contribution < -0.4 is 5.32 Å². The first kappa shape index (κ1) is 21.1. The summed E-state index contributed by atoms with van der Waals surface area (Å²) >= 11 is 0. The molecule has 0 saturated heterocycles. The SMILES string of the molecule is CC(=O)[C@@H](Cc1ccccc1)NC(=O)COC(=O)c1cccc(C(F)(F)F)c1. The quantitative estimate of drug-likeness (QED) is 0.734. The molecule has 0 heterocycles. The lowest BCUT2D eigenvalue weighted by Gasteiger charge is -2.16. The van der Waals surface area contributed by atoms with E-state index in [0.717, 1.165) is 23.8 Å². The number of Topliss-reactive ketones (excluding diaryl/α,β-unsaturated/α-hetero) is 1. The number of ether oxygens (including phenoxy) is 1. The highest BCUT2D eigenvalue weighted by Gasteiger charge is 2.31. The number of benzene rings is 2. The highest BCUT2D eigenvalue weighted by atomic mass is 19.4. The zero-order valence-corrected chi connectivity index (χ0v) is 15.0. The summed E-state index contributed by atoms with van der Waals surface area (Å²) in [4.78, 5) is 35.6. The third-order valence-electron chi connectivity index (χ3n) is 3.87. The van der Waals surface area contributed by atoms with Crippen LogP contribution in [-0.4, -0.2) is 30.3 Å². The standard InChI is InChI=1S/C20H18F3NO4/c1-13(25)17(10-14-6-3-2-4-7-14)24-18(26)12-28-19(27)15-8-5-9-16(11-15)20(21,22)23/h2-9,11,17H,10,12H2,1H3,(H,24,26)/t17-/m1/s1. The van der Waals surface area contributed by atoms with Crippen molar-refractivity contribution < 1.29 is 32.3 Å². The Morgan fingerprint density at radius 1 is 1.04 bits per heavy atom. The number of carbonyl (C=O) groups is 3. The molecule has 1 N–H and O–H groups in total. The Hall–Kier alpha value is -3.16. The molecule has 2 aromatic rings. The van der Waals surface area contributed by atoms with Crippen LogP contribution >= 0.6 is 0 Å². The summed E-state index contributed by atoms with van der Waals surface area (Å²) in [6, 6.07) is 11.9. The molecule has 0 aliphatic rings. The summed E-state index contributed by atoms with van der Waals surface area (Å²) in [6.45, 7) is 0.607. The number of esters is 1. The van der Waals surface area contributed by atoms with Gasteiger partial charge in [0.05, 0.1) is 17.2 Å². The van der Waals surface area contributed by atoms with Gasteiger partial charge in [0.15, 0.2) is 12.4 Å². The molecule has 0 aliphatic heterocycles. The van der Waals surface area contributed by atoms with E-state index in [1.54, 1.807) is 24.3 Å². The molecule has 28 heavy (non-hydrogen) atoms. The maximum absolute atomic E-state index is 12.7. The van der Waals surface area contributed by atoms with Gasteiger partial charge in [-0.1, -0.05) is 36.4 Å². The molecule has 0 saturated carbocycles. The van der Waals surface area contributed by atoms with Gasteiger partial charge in [0.25, 0.3) is 5.91 Å². The van der Waals surface area contributed by atoms with Crippen LogP contribution in [0.25, 0.3) is 0 Å². The van der Waals surface area contributed by atoms with Crippen LogP contribution in [0.1, 0.15) is 28.4 Å². The Kier molecular flexibility index (Phi) is 6.92. The monoisotopic (exact) mass is 393 g/mol. The van der Waals surface area contributed by atoms with Gasteiger partial charge >= 0.3 is 12.1 Å². The van der Waals surface area contributed by atoms with E-state index in [-0.39, 0.29) is 17.8 Å². The van der Waals surface area contributed by atoms with Crippen molar-refractivity contribution >= 4 is 17.7 Å². The number of rotatable bonds is 7. The molecule has 0 aromatic heterocycles. The molecule has 2 aromatic carbocycles. The van der Waals surface area contributed by atoms with Crippen molar-refractivity contribution in [1.82, 2.24) is 5.32 Å². The van der Waals surface area contributed by atoms with Crippen molar-refractivity contribution in [2.24, 2.45) is 0 Å². The minimum Gasteiger partial charge on any atom is -0.452 e. The Balaban J connectivity index is 1.93. The average Bonchev–Trinajstić information content (AvgIpc) is 2.65. The Bertz CT molecular complexity index is 850. The molecule has 0 bridgehead atoms. The molecular weight excluding hydrogens is 375 g/mol. The minimum absolute atomic E-state index is 0.267. The van der Waals surface area contributed by atoms with E-state index >= 15 is 0 Å². The number of hydrogen-bond donors (Lipinski definition) is 1. The fraction of sp³-hybridized carbons (Fsp3) is 0.250. The molecule has 2 rings (SSSR count). The van der Waals surface area contributed by atoms with Gasteiger partial charge in [0, 0.05) is 0 Å². The summed E-state index contributed by atoms with van der Waals surface area (Å²) in [5.74, 6) is -2.07. The molecule has 1 atom stereocenters. The molecule has 1 amide bonds. The summed E-state index contributed by atoms with van der Waals surface area (Å²) in [7, 11) is 0. The van der Waals surface area contributed by atoms with Crippen LogP contribution in [0, 0.1) is 0 Å². The van der Waals surface area contributed by atoms with Gasteiger partial charge in [-0.3, -0.25) is 9.59 Å². The first-order valence-corrected chi connectivity index (χ1v) is 8.35. The second-order valence-corrected chi connectivity index (χ2v) is 6.08. The number of ketones is 1. The highest BCUT2D eigenvalue weighted by Crippen LogP contribution is 2.29. The van der Waals surface area contributed by atoms with E-state index in [2.05, 4.69) is 5.32 Å². The van der Waals surface area contributed by atoms with E-state index < -0.39 is 36.3 Å². The summed E-state index contributed by atoms with van der Waals surface area (Å²) in [5.41, 5.74) is -0.482. The van der Waals surface area contributed by atoms with Crippen molar-refractivity contribution in [1.29, 1.82) is 0 Å². The number of nitrogens with one attached hydrogen (secondary N) is 1. The van der Waals surface area contributed by atoms with E-state index in [9.17, 15) is 27.6 Å². The predicted octanol–water partition coefficient (Wildman–Crippen LogP) is 3.18. The van der Waals surface area contributed by atoms with Gasteiger partial charge in [0.2, 0.25) is 0 Å². The van der Waals surface area contributed by atoms with Crippen LogP contribution in [0.4, 0.5) is 13.2 Å². The maximum Gasteiger partial charge on any atom is 0.416 e. The molecular formula is C20H18F3NO4. The average molecular weight is 393 g/mol. The molecule has 0 aliphatic carbocycles. The fourth-order valence-corrected chi connectivity index (χ4v) is 2.42. The molecule has 148 valence electrons. The molecule has 5 nitrogen and oxygen atoms in total. The maximum atomic E-state index is 12.7. The first-order chi connectivity index (χ1) is 13.2. The van der Waals surface area contributed by atoms with Gasteiger partial charge in [-0.25, -0.2) is 4.79 Å². The lowest BCUT2D eigenvalue weighted by atomic mass is 10.0. The fourth-order valence-electron chi connectivity index (χ4n) is 2.42.